The summed E-state index contributed by atoms with van der Waals surface area (Å²) in [6, 6.07) is 7.64. The molecule has 0 atom stereocenters. The molecule has 2 N–H and O–H groups in total. The van der Waals surface area contributed by atoms with Gasteiger partial charge in [-0.05, 0) is 37.2 Å². The maximum Gasteiger partial charge on any atom is 0.222 e. The molecule has 0 unspecified atom stereocenters. The van der Waals surface area contributed by atoms with Crippen molar-refractivity contribution in [1.29, 1.82) is 0 Å². The molecular weight excluding hydrogens is 255 g/mol. The zero-order valence-corrected chi connectivity index (χ0v) is 10.3. The lowest BCUT2D eigenvalue weighted by atomic mass is 10.2. The molecular formula is C13H12ClFN2O. The average Bonchev–Trinajstić information content (AvgIpc) is 2.35. The second-order valence-electron chi connectivity index (χ2n) is 3.68. The molecule has 0 saturated heterocycles. The molecule has 94 valence electrons. The summed E-state index contributed by atoms with van der Waals surface area (Å²) in [6.45, 7) is 0.499. The van der Waals surface area contributed by atoms with E-state index in [9.17, 15) is 4.39 Å². The molecule has 18 heavy (non-hydrogen) atoms. The van der Waals surface area contributed by atoms with Crippen molar-refractivity contribution in [3.8, 4) is 11.6 Å². The Kier molecular flexibility index (Phi) is 4.12. The summed E-state index contributed by atoms with van der Waals surface area (Å²) >= 11 is 5.89. The fourth-order valence-electron chi connectivity index (χ4n) is 1.52. The lowest BCUT2D eigenvalue weighted by Crippen LogP contribution is -2.04. The van der Waals surface area contributed by atoms with Crippen LogP contribution in [0.4, 0.5) is 4.39 Å². The first kappa shape index (κ1) is 12.8. The predicted molar refractivity (Wildman–Crippen MR) is 68.5 cm³/mol. The molecule has 2 aromatic rings. The molecule has 2 rings (SSSR count). The molecule has 0 aliphatic carbocycles. The highest BCUT2D eigenvalue weighted by Crippen LogP contribution is 2.30. The number of halogens is 2. The highest BCUT2D eigenvalue weighted by Gasteiger charge is 2.08. The van der Waals surface area contributed by atoms with Gasteiger partial charge in [-0.3, -0.25) is 0 Å². The van der Waals surface area contributed by atoms with Crippen molar-refractivity contribution in [2.75, 3.05) is 6.54 Å². The van der Waals surface area contributed by atoms with Gasteiger partial charge >= 0.3 is 0 Å². The summed E-state index contributed by atoms with van der Waals surface area (Å²) in [4.78, 5) is 4.13. The largest absolute Gasteiger partial charge is 0.437 e. The third-order valence-corrected chi connectivity index (χ3v) is 2.66. The molecule has 0 bridgehead atoms. The summed E-state index contributed by atoms with van der Waals surface area (Å²) in [5, 5.41) is 0.208. The number of aromatic nitrogens is 1. The summed E-state index contributed by atoms with van der Waals surface area (Å²) in [6.07, 6.45) is 2.27. The smallest absolute Gasteiger partial charge is 0.222 e. The van der Waals surface area contributed by atoms with E-state index in [0.717, 1.165) is 5.56 Å². The normalized spacial score (nSPS) is 10.4. The van der Waals surface area contributed by atoms with Crippen LogP contribution in [0.15, 0.2) is 36.5 Å². The highest BCUT2D eigenvalue weighted by atomic mass is 35.5. The molecule has 0 aliphatic rings. The third kappa shape index (κ3) is 2.97. The second kappa shape index (κ2) is 5.80. The minimum Gasteiger partial charge on any atom is -0.437 e. The zero-order chi connectivity index (χ0) is 13.0. The van der Waals surface area contributed by atoms with Crippen molar-refractivity contribution >= 4 is 11.6 Å². The monoisotopic (exact) mass is 266 g/mol. The van der Waals surface area contributed by atoms with Gasteiger partial charge in [0.2, 0.25) is 5.88 Å². The van der Waals surface area contributed by atoms with Crippen molar-refractivity contribution in [3.05, 3.63) is 52.9 Å². The van der Waals surface area contributed by atoms with Crippen molar-refractivity contribution in [2.24, 2.45) is 5.73 Å². The standard InChI is InChI=1S/C13H12ClFN2O/c14-11-8-10(15)3-4-12(11)18-13-9(5-6-16)2-1-7-17-13/h1-4,7-8H,5-6,16H2. The maximum atomic E-state index is 12.9. The van der Waals surface area contributed by atoms with Gasteiger partial charge < -0.3 is 10.5 Å². The fraction of sp³-hybridized carbons (Fsp3) is 0.154. The summed E-state index contributed by atoms with van der Waals surface area (Å²) in [5.74, 6) is 0.405. The average molecular weight is 267 g/mol. The van der Waals surface area contributed by atoms with Crippen molar-refractivity contribution in [2.45, 2.75) is 6.42 Å². The van der Waals surface area contributed by atoms with Gasteiger partial charge in [-0.25, -0.2) is 9.37 Å². The maximum absolute atomic E-state index is 12.9. The predicted octanol–water partition coefficient (Wildman–Crippen LogP) is 3.17. The van der Waals surface area contributed by atoms with Crippen LogP contribution in [-0.2, 0) is 6.42 Å². The lowest BCUT2D eigenvalue weighted by Gasteiger charge is -2.10. The molecule has 0 fully saturated rings. The van der Waals surface area contributed by atoms with Crippen molar-refractivity contribution in [3.63, 3.8) is 0 Å². The zero-order valence-electron chi connectivity index (χ0n) is 9.57. The number of rotatable bonds is 4. The Bertz CT molecular complexity index is 548. The lowest BCUT2D eigenvalue weighted by molar-refractivity contribution is 0.455. The topological polar surface area (TPSA) is 48.1 Å². The molecule has 0 saturated carbocycles. The van der Waals surface area contributed by atoms with Crippen LogP contribution in [0.2, 0.25) is 5.02 Å². The van der Waals surface area contributed by atoms with Gasteiger partial charge in [-0.15, -0.1) is 0 Å². The number of pyridine rings is 1. The third-order valence-electron chi connectivity index (χ3n) is 2.36. The van der Waals surface area contributed by atoms with Gasteiger partial charge in [-0.2, -0.15) is 0 Å². The van der Waals surface area contributed by atoms with Crippen LogP contribution in [-0.4, -0.2) is 11.5 Å². The molecule has 1 heterocycles. The molecule has 3 nitrogen and oxygen atoms in total. The summed E-state index contributed by atoms with van der Waals surface area (Å²) in [5.41, 5.74) is 6.40. The first-order chi connectivity index (χ1) is 8.70. The van der Waals surface area contributed by atoms with E-state index in [1.165, 1.54) is 18.2 Å². The van der Waals surface area contributed by atoms with E-state index in [4.69, 9.17) is 22.1 Å². The molecule has 0 radical (unpaired) electrons. The van der Waals surface area contributed by atoms with Gasteiger partial charge in [0.25, 0.3) is 0 Å². The van der Waals surface area contributed by atoms with Crippen LogP contribution in [0.5, 0.6) is 11.6 Å². The SMILES string of the molecule is NCCc1cccnc1Oc1ccc(F)cc1Cl. The second-order valence-corrected chi connectivity index (χ2v) is 4.09. The van der Waals surface area contributed by atoms with Crippen LogP contribution in [0.1, 0.15) is 5.56 Å². The van der Waals surface area contributed by atoms with E-state index >= 15 is 0 Å². The van der Waals surface area contributed by atoms with E-state index < -0.39 is 5.82 Å². The molecule has 0 spiro atoms. The van der Waals surface area contributed by atoms with Gasteiger partial charge in [0.15, 0.2) is 0 Å². The first-order valence-electron chi connectivity index (χ1n) is 5.47. The van der Waals surface area contributed by atoms with E-state index in [0.29, 0.717) is 24.6 Å². The van der Waals surface area contributed by atoms with Crippen molar-refractivity contribution in [1.82, 2.24) is 4.98 Å². The fourth-order valence-corrected chi connectivity index (χ4v) is 1.73. The van der Waals surface area contributed by atoms with Gasteiger partial charge in [0.05, 0.1) is 5.02 Å². The van der Waals surface area contributed by atoms with Gasteiger partial charge in [-0.1, -0.05) is 17.7 Å². The quantitative estimate of drug-likeness (QED) is 0.925. The van der Waals surface area contributed by atoms with E-state index in [1.807, 2.05) is 12.1 Å². The van der Waals surface area contributed by atoms with Crippen LogP contribution in [0, 0.1) is 5.82 Å². The number of ether oxygens (including phenoxy) is 1. The Labute approximate surface area is 109 Å². The number of nitrogens with two attached hydrogens (primary N) is 1. The Morgan fingerprint density at radius 1 is 1.33 bits per heavy atom. The molecule has 1 aromatic carbocycles. The van der Waals surface area contributed by atoms with E-state index in [-0.39, 0.29) is 5.02 Å². The van der Waals surface area contributed by atoms with E-state index in [1.54, 1.807) is 6.20 Å². The van der Waals surface area contributed by atoms with Gasteiger partial charge in [0, 0.05) is 11.8 Å². The Hall–Kier alpha value is -1.65. The summed E-state index contributed by atoms with van der Waals surface area (Å²) in [7, 11) is 0. The minimum atomic E-state index is -0.407. The highest BCUT2D eigenvalue weighted by molar-refractivity contribution is 6.32. The van der Waals surface area contributed by atoms with Crippen LogP contribution in [0.25, 0.3) is 0 Å². The first-order valence-corrected chi connectivity index (χ1v) is 5.85. The molecule has 0 aliphatic heterocycles. The Balaban J connectivity index is 2.28. The minimum absolute atomic E-state index is 0.208. The van der Waals surface area contributed by atoms with Crippen LogP contribution < -0.4 is 10.5 Å². The number of hydrogen-bond donors (Lipinski definition) is 1. The van der Waals surface area contributed by atoms with Crippen molar-refractivity contribution < 1.29 is 9.13 Å². The van der Waals surface area contributed by atoms with E-state index in [2.05, 4.69) is 4.98 Å². The van der Waals surface area contributed by atoms with Crippen LogP contribution in [0.3, 0.4) is 0 Å². The number of benzene rings is 1. The Morgan fingerprint density at radius 2 is 2.17 bits per heavy atom. The Morgan fingerprint density at radius 3 is 2.89 bits per heavy atom. The van der Waals surface area contributed by atoms with Crippen LogP contribution >= 0.6 is 11.6 Å². The van der Waals surface area contributed by atoms with Gasteiger partial charge in [0.1, 0.15) is 11.6 Å². The number of nitrogens with zero attached hydrogens (tertiary/aromatic N) is 1. The summed E-state index contributed by atoms with van der Waals surface area (Å²) < 4.78 is 18.5. The molecule has 0 amide bonds. The molecule has 1 aromatic heterocycles. The number of hydrogen-bond acceptors (Lipinski definition) is 3. The molecule has 5 heteroatoms.